The van der Waals surface area contributed by atoms with Gasteiger partial charge in [-0.15, -0.1) is 0 Å². The first-order valence-corrected chi connectivity index (χ1v) is 7.14. The quantitative estimate of drug-likeness (QED) is 0.853. The fourth-order valence-corrected chi connectivity index (χ4v) is 2.96. The Labute approximate surface area is 118 Å². The van der Waals surface area contributed by atoms with Crippen molar-refractivity contribution in [3.63, 3.8) is 0 Å². The van der Waals surface area contributed by atoms with Crippen LogP contribution in [0.4, 0.5) is 5.69 Å². The molecule has 5 nitrogen and oxygen atoms in total. The van der Waals surface area contributed by atoms with Crippen LogP contribution in [0.3, 0.4) is 0 Å². The number of morpholine rings is 1. The Morgan fingerprint density at radius 1 is 1.35 bits per heavy atom. The summed E-state index contributed by atoms with van der Waals surface area (Å²) >= 11 is 0. The molecule has 20 heavy (non-hydrogen) atoms. The number of fused-ring (bicyclic) bond motifs is 2. The third kappa shape index (κ3) is 2.58. The Kier molecular flexibility index (Phi) is 3.53. The van der Waals surface area contributed by atoms with Gasteiger partial charge in [0.15, 0.2) is 0 Å². The molecule has 5 heteroatoms. The Morgan fingerprint density at radius 2 is 2.05 bits per heavy atom. The lowest BCUT2D eigenvalue weighted by atomic mass is 10.1. The number of ether oxygens (including phenoxy) is 2. The van der Waals surface area contributed by atoms with E-state index in [0.29, 0.717) is 36.7 Å². The summed E-state index contributed by atoms with van der Waals surface area (Å²) in [6, 6.07) is 5.21. The second-order valence-electron chi connectivity index (χ2n) is 5.39. The van der Waals surface area contributed by atoms with E-state index in [1.807, 2.05) is 11.8 Å². The van der Waals surface area contributed by atoms with Gasteiger partial charge < -0.3 is 20.1 Å². The number of hydrogen-bond donors (Lipinski definition) is 1. The zero-order valence-electron chi connectivity index (χ0n) is 11.7. The smallest absolute Gasteiger partial charge is 0.254 e. The molecule has 108 valence electrons. The maximum absolute atomic E-state index is 12.6. The summed E-state index contributed by atoms with van der Waals surface area (Å²) in [5.41, 5.74) is 6.99. The molecule has 0 saturated carbocycles. The molecule has 2 heterocycles. The molecule has 0 aromatic heterocycles. The van der Waals surface area contributed by atoms with Gasteiger partial charge >= 0.3 is 0 Å². The van der Waals surface area contributed by atoms with Gasteiger partial charge in [-0.3, -0.25) is 4.79 Å². The minimum Gasteiger partial charge on any atom is -0.494 e. The summed E-state index contributed by atoms with van der Waals surface area (Å²) < 4.78 is 11.2. The van der Waals surface area contributed by atoms with E-state index in [1.54, 1.807) is 18.2 Å². The van der Waals surface area contributed by atoms with E-state index in [-0.39, 0.29) is 18.1 Å². The molecule has 3 rings (SSSR count). The molecule has 1 aromatic carbocycles. The van der Waals surface area contributed by atoms with E-state index >= 15 is 0 Å². The van der Waals surface area contributed by atoms with E-state index < -0.39 is 0 Å². The van der Waals surface area contributed by atoms with Crippen molar-refractivity contribution < 1.29 is 14.3 Å². The molecule has 1 aromatic rings. The number of nitrogens with zero attached hydrogens (tertiary/aromatic N) is 1. The number of benzene rings is 1. The number of hydrogen-bond acceptors (Lipinski definition) is 4. The lowest BCUT2D eigenvalue weighted by molar-refractivity contribution is -0.0303. The van der Waals surface area contributed by atoms with Gasteiger partial charge in [0.1, 0.15) is 5.75 Å². The van der Waals surface area contributed by atoms with E-state index in [1.165, 1.54) is 0 Å². The Bertz CT molecular complexity index is 506. The van der Waals surface area contributed by atoms with Crippen molar-refractivity contribution in [2.24, 2.45) is 0 Å². The van der Waals surface area contributed by atoms with Gasteiger partial charge in [0, 0.05) is 30.4 Å². The highest BCUT2D eigenvalue weighted by atomic mass is 16.5. The molecule has 2 saturated heterocycles. The van der Waals surface area contributed by atoms with Crippen molar-refractivity contribution >= 4 is 11.6 Å². The Morgan fingerprint density at radius 3 is 2.70 bits per heavy atom. The van der Waals surface area contributed by atoms with E-state index in [9.17, 15) is 4.79 Å². The highest BCUT2D eigenvalue weighted by molar-refractivity contribution is 5.95. The van der Waals surface area contributed by atoms with Crippen LogP contribution in [0, 0.1) is 0 Å². The maximum atomic E-state index is 12.6. The Hall–Kier alpha value is -1.75. The minimum atomic E-state index is 0.0125. The normalized spacial score (nSPS) is 24.8. The SMILES string of the molecule is CCOc1cc(N)cc(C(=O)N2CC3CCC(C2)O3)c1. The number of rotatable bonds is 3. The first-order valence-electron chi connectivity index (χ1n) is 7.14. The number of nitrogen functional groups attached to an aromatic ring is 1. The van der Waals surface area contributed by atoms with Crippen molar-refractivity contribution in [2.45, 2.75) is 32.0 Å². The zero-order chi connectivity index (χ0) is 14.1. The second kappa shape index (κ2) is 5.32. The van der Waals surface area contributed by atoms with Gasteiger partial charge in [0.2, 0.25) is 0 Å². The first-order chi connectivity index (χ1) is 9.65. The van der Waals surface area contributed by atoms with Gasteiger partial charge in [-0.25, -0.2) is 0 Å². The summed E-state index contributed by atoms with van der Waals surface area (Å²) in [4.78, 5) is 14.5. The maximum Gasteiger partial charge on any atom is 0.254 e. The molecule has 1 amide bonds. The molecule has 0 aliphatic carbocycles. The Balaban J connectivity index is 1.79. The minimum absolute atomic E-state index is 0.0125. The van der Waals surface area contributed by atoms with Crippen molar-refractivity contribution in [1.82, 2.24) is 4.90 Å². The highest BCUT2D eigenvalue weighted by Crippen LogP contribution is 2.28. The fourth-order valence-electron chi connectivity index (χ4n) is 2.96. The van der Waals surface area contributed by atoms with Crippen molar-refractivity contribution in [3.8, 4) is 5.75 Å². The topological polar surface area (TPSA) is 64.8 Å². The van der Waals surface area contributed by atoms with Crippen LogP contribution in [0.1, 0.15) is 30.1 Å². The summed E-state index contributed by atoms with van der Waals surface area (Å²) in [6.07, 6.45) is 2.50. The van der Waals surface area contributed by atoms with Crippen LogP contribution in [-0.2, 0) is 4.74 Å². The van der Waals surface area contributed by atoms with Crippen LogP contribution < -0.4 is 10.5 Å². The lowest BCUT2D eigenvalue weighted by Gasteiger charge is -2.32. The highest BCUT2D eigenvalue weighted by Gasteiger charge is 2.36. The summed E-state index contributed by atoms with van der Waals surface area (Å²) in [6.45, 7) is 3.81. The molecule has 2 unspecified atom stereocenters. The molecule has 2 atom stereocenters. The molecule has 2 aliphatic heterocycles. The average molecular weight is 276 g/mol. The molecule has 2 aliphatic rings. The van der Waals surface area contributed by atoms with Crippen molar-refractivity contribution in [1.29, 1.82) is 0 Å². The number of anilines is 1. The number of nitrogens with two attached hydrogens (primary N) is 1. The van der Waals surface area contributed by atoms with Gasteiger partial charge in [-0.05, 0) is 31.9 Å². The third-order valence-corrected chi connectivity index (χ3v) is 3.82. The predicted octanol–water partition coefficient (Wildman–Crippen LogP) is 1.67. The standard InChI is InChI=1S/C15H20N2O3/c1-2-19-14-6-10(5-11(16)7-14)15(18)17-8-12-3-4-13(9-17)20-12/h5-7,12-13H,2-4,8-9,16H2,1H3. The molecule has 0 radical (unpaired) electrons. The lowest BCUT2D eigenvalue weighted by Crippen LogP contribution is -2.45. The zero-order valence-corrected chi connectivity index (χ0v) is 11.7. The fraction of sp³-hybridized carbons (Fsp3) is 0.533. The second-order valence-corrected chi connectivity index (χ2v) is 5.39. The van der Waals surface area contributed by atoms with Gasteiger partial charge in [0.25, 0.3) is 5.91 Å². The molecular formula is C15H20N2O3. The summed E-state index contributed by atoms with van der Waals surface area (Å²) in [5.74, 6) is 0.658. The van der Waals surface area contributed by atoms with Crippen LogP contribution in [0.5, 0.6) is 5.75 Å². The molecular weight excluding hydrogens is 256 g/mol. The first kappa shape index (κ1) is 13.2. The summed E-state index contributed by atoms with van der Waals surface area (Å²) in [5, 5.41) is 0. The van der Waals surface area contributed by atoms with E-state index in [2.05, 4.69) is 0 Å². The number of carbonyl (C=O) groups excluding carboxylic acids is 1. The number of carbonyl (C=O) groups is 1. The van der Waals surface area contributed by atoms with Crippen LogP contribution >= 0.6 is 0 Å². The monoisotopic (exact) mass is 276 g/mol. The van der Waals surface area contributed by atoms with Crippen LogP contribution in [0.2, 0.25) is 0 Å². The van der Waals surface area contributed by atoms with Crippen LogP contribution in [0.25, 0.3) is 0 Å². The molecule has 0 spiro atoms. The van der Waals surface area contributed by atoms with Crippen molar-refractivity contribution in [3.05, 3.63) is 23.8 Å². The third-order valence-electron chi connectivity index (χ3n) is 3.82. The molecule has 2 N–H and O–H groups in total. The largest absolute Gasteiger partial charge is 0.494 e. The molecule has 2 bridgehead atoms. The number of amides is 1. The summed E-state index contributed by atoms with van der Waals surface area (Å²) in [7, 11) is 0. The van der Waals surface area contributed by atoms with Gasteiger partial charge in [0.05, 0.1) is 18.8 Å². The van der Waals surface area contributed by atoms with Gasteiger partial charge in [-0.2, -0.15) is 0 Å². The van der Waals surface area contributed by atoms with Gasteiger partial charge in [-0.1, -0.05) is 0 Å². The van der Waals surface area contributed by atoms with Crippen LogP contribution in [0.15, 0.2) is 18.2 Å². The van der Waals surface area contributed by atoms with Crippen molar-refractivity contribution in [2.75, 3.05) is 25.4 Å². The number of likely N-dealkylation sites (tertiary alicyclic amines) is 1. The van der Waals surface area contributed by atoms with Crippen LogP contribution in [-0.4, -0.2) is 42.7 Å². The van der Waals surface area contributed by atoms with E-state index in [0.717, 1.165) is 12.8 Å². The average Bonchev–Trinajstić information content (AvgIpc) is 2.76. The van der Waals surface area contributed by atoms with E-state index in [4.69, 9.17) is 15.2 Å². The molecule has 2 fully saturated rings. The predicted molar refractivity (Wildman–Crippen MR) is 75.8 cm³/mol.